The third-order valence-electron chi connectivity index (χ3n) is 6.44. The van der Waals surface area contributed by atoms with Gasteiger partial charge in [-0.15, -0.1) is 0 Å². The number of hydrogen-bond donors (Lipinski definition) is 1. The maximum atomic E-state index is 6.35. The van der Waals surface area contributed by atoms with Crippen LogP contribution in [0.5, 0.6) is 0 Å². The Bertz CT molecular complexity index is 307. The van der Waals surface area contributed by atoms with E-state index in [0.717, 1.165) is 30.3 Å². The van der Waals surface area contributed by atoms with Crippen LogP contribution in [-0.4, -0.2) is 29.6 Å². The molecule has 4 rings (SSSR count). The van der Waals surface area contributed by atoms with Gasteiger partial charge in [0.25, 0.3) is 0 Å². The average molecular weight is 248 g/mol. The van der Waals surface area contributed by atoms with Crippen LogP contribution in [0.4, 0.5) is 0 Å². The molecule has 0 spiro atoms. The first-order valence-corrected chi connectivity index (χ1v) is 8.33. The molecule has 1 saturated heterocycles. The van der Waals surface area contributed by atoms with E-state index in [1.807, 2.05) is 0 Å². The number of likely N-dealkylation sites (tertiary alicyclic amines) is 1. The van der Waals surface area contributed by atoms with Crippen LogP contribution in [0.3, 0.4) is 0 Å². The molecule has 1 heterocycles. The van der Waals surface area contributed by atoms with Gasteiger partial charge >= 0.3 is 0 Å². The van der Waals surface area contributed by atoms with E-state index in [4.69, 9.17) is 5.73 Å². The van der Waals surface area contributed by atoms with E-state index >= 15 is 0 Å². The van der Waals surface area contributed by atoms with Gasteiger partial charge in [0.05, 0.1) is 0 Å². The molecule has 0 aromatic heterocycles. The van der Waals surface area contributed by atoms with Gasteiger partial charge in [0.1, 0.15) is 0 Å². The number of hydrogen-bond acceptors (Lipinski definition) is 2. The van der Waals surface area contributed by atoms with Gasteiger partial charge < -0.3 is 5.73 Å². The highest BCUT2D eigenvalue weighted by Gasteiger charge is 2.59. The second kappa shape index (κ2) is 4.21. The summed E-state index contributed by atoms with van der Waals surface area (Å²) in [5.74, 6) is 2.92. The van der Waals surface area contributed by atoms with Crippen molar-refractivity contribution >= 4 is 0 Å². The zero-order chi connectivity index (χ0) is 12.2. The maximum absolute atomic E-state index is 6.35. The number of nitrogens with zero attached hydrogens (tertiary/aromatic N) is 1. The fourth-order valence-corrected chi connectivity index (χ4v) is 5.34. The van der Waals surface area contributed by atoms with Gasteiger partial charge in [0.15, 0.2) is 0 Å². The van der Waals surface area contributed by atoms with E-state index in [9.17, 15) is 0 Å². The molecule has 0 aromatic carbocycles. The first-order valence-electron chi connectivity index (χ1n) is 8.33. The summed E-state index contributed by atoms with van der Waals surface area (Å²) in [4.78, 5) is 2.95. The average Bonchev–Trinajstić information content (AvgIpc) is 3.29. The standard InChI is InChI=1S/C16H28N2/c17-11-16(13-5-6-13,14-7-8-14)18-10-9-12-3-1-2-4-15(12)18/h12-15H,1-11,17H2. The topological polar surface area (TPSA) is 29.3 Å². The van der Waals surface area contributed by atoms with E-state index in [2.05, 4.69) is 4.90 Å². The lowest BCUT2D eigenvalue weighted by molar-refractivity contribution is 0.0202. The van der Waals surface area contributed by atoms with Gasteiger partial charge in [0.2, 0.25) is 0 Å². The lowest BCUT2D eigenvalue weighted by Crippen LogP contribution is -2.59. The van der Waals surface area contributed by atoms with E-state index in [-0.39, 0.29) is 0 Å². The van der Waals surface area contributed by atoms with Crippen LogP contribution in [0.15, 0.2) is 0 Å². The molecule has 0 aromatic rings. The minimum Gasteiger partial charge on any atom is -0.329 e. The Hall–Kier alpha value is -0.0800. The zero-order valence-corrected chi connectivity index (χ0v) is 11.6. The molecule has 3 aliphatic carbocycles. The predicted octanol–water partition coefficient (Wildman–Crippen LogP) is 2.77. The molecule has 4 aliphatic rings. The highest BCUT2D eigenvalue weighted by molar-refractivity contribution is 5.14. The zero-order valence-electron chi connectivity index (χ0n) is 11.6. The monoisotopic (exact) mass is 248 g/mol. The molecule has 0 radical (unpaired) electrons. The van der Waals surface area contributed by atoms with Crippen LogP contribution in [-0.2, 0) is 0 Å². The van der Waals surface area contributed by atoms with Crippen molar-refractivity contribution in [2.75, 3.05) is 13.1 Å². The lowest BCUT2D eigenvalue weighted by atomic mass is 9.80. The summed E-state index contributed by atoms with van der Waals surface area (Å²) in [6.07, 6.45) is 13.2. The first kappa shape index (κ1) is 11.7. The molecule has 2 atom stereocenters. The molecule has 18 heavy (non-hydrogen) atoms. The van der Waals surface area contributed by atoms with Crippen LogP contribution in [0.2, 0.25) is 0 Å². The summed E-state index contributed by atoms with van der Waals surface area (Å²) in [5.41, 5.74) is 6.79. The highest BCUT2D eigenvalue weighted by atomic mass is 15.3. The molecule has 2 unspecified atom stereocenters. The molecule has 0 bridgehead atoms. The fourth-order valence-electron chi connectivity index (χ4n) is 5.34. The maximum Gasteiger partial charge on any atom is 0.0390 e. The summed E-state index contributed by atoms with van der Waals surface area (Å²) in [6.45, 7) is 2.30. The molecular formula is C16H28N2. The normalized spacial score (nSPS) is 37.8. The van der Waals surface area contributed by atoms with Crippen molar-refractivity contribution in [2.24, 2.45) is 23.5 Å². The van der Waals surface area contributed by atoms with Crippen LogP contribution < -0.4 is 5.73 Å². The largest absolute Gasteiger partial charge is 0.329 e. The Kier molecular flexibility index (Phi) is 2.74. The molecule has 2 N–H and O–H groups in total. The van der Waals surface area contributed by atoms with Gasteiger partial charge in [-0.1, -0.05) is 12.8 Å². The molecule has 0 amide bonds. The van der Waals surface area contributed by atoms with Crippen LogP contribution in [0.1, 0.15) is 57.8 Å². The van der Waals surface area contributed by atoms with Crippen molar-refractivity contribution in [1.82, 2.24) is 4.90 Å². The molecule has 3 saturated carbocycles. The third-order valence-corrected chi connectivity index (χ3v) is 6.44. The van der Waals surface area contributed by atoms with Gasteiger partial charge in [-0.3, -0.25) is 4.90 Å². The minimum atomic E-state index is 0.441. The summed E-state index contributed by atoms with van der Waals surface area (Å²) in [7, 11) is 0. The molecule has 2 nitrogen and oxygen atoms in total. The summed E-state index contributed by atoms with van der Waals surface area (Å²) < 4.78 is 0. The van der Waals surface area contributed by atoms with Crippen molar-refractivity contribution in [2.45, 2.75) is 69.4 Å². The molecule has 1 aliphatic heterocycles. The Morgan fingerprint density at radius 2 is 1.56 bits per heavy atom. The van der Waals surface area contributed by atoms with Crippen molar-refractivity contribution < 1.29 is 0 Å². The lowest BCUT2D eigenvalue weighted by Gasteiger charge is -2.47. The fraction of sp³-hybridized carbons (Fsp3) is 1.00. The SMILES string of the molecule is NCC(C1CC1)(C1CC1)N1CCC2CCCCC21. The van der Waals surface area contributed by atoms with Crippen molar-refractivity contribution in [3.8, 4) is 0 Å². The van der Waals surface area contributed by atoms with Crippen molar-refractivity contribution in [3.63, 3.8) is 0 Å². The van der Waals surface area contributed by atoms with Gasteiger partial charge in [-0.05, 0) is 69.2 Å². The Labute approximate surface area is 111 Å². The van der Waals surface area contributed by atoms with E-state index in [1.165, 1.54) is 64.3 Å². The molecule has 102 valence electrons. The van der Waals surface area contributed by atoms with Crippen LogP contribution in [0, 0.1) is 17.8 Å². The predicted molar refractivity (Wildman–Crippen MR) is 74.3 cm³/mol. The second-order valence-corrected chi connectivity index (χ2v) is 7.34. The second-order valence-electron chi connectivity index (χ2n) is 7.34. The minimum absolute atomic E-state index is 0.441. The first-order chi connectivity index (χ1) is 8.86. The Morgan fingerprint density at radius 1 is 0.889 bits per heavy atom. The van der Waals surface area contributed by atoms with Gasteiger partial charge in [-0.25, -0.2) is 0 Å². The third kappa shape index (κ3) is 1.61. The van der Waals surface area contributed by atoms with E-state index in [1.54, 1.807) is 0 Å². The summed E-state index contributed by atoms with van der Waals surface area (Å²) in [6, 6.07) is 0.906. The summed E-state index contributed by atoms with van der Waals surface area (Å²) in [5, 5.41) is 0. The smallest absolute Gasteiger partial charge is 0.0390 e. The number of nitrogens with two attached hydrogens (primary N) is 1. The summed E-state index contributed by atoms with van der Waals surface area (Å²) >= 11 is 0. The van der Waals surface area contributed by atoms with Crippen LogP contribution >= 0.6 is 0 Å². The Balaban J connectivity index is 1.62. The molecule has 2 heteroatoms. The van der Waals surface area contributed by atoms with Gasteiger partial charge in [-0.2, -0.15) is 0 Å². The van der Waals surface area contributed by atoms with Crippen LogP contribution in [0.25, 0.3) is 0 Å². The molecular weight excluding hydrogens is 220 g/mol. The van der Waals surface area contributed by atoms with Crippen molar-refractivity contribution in [1.29, 1.82) is 0 Å². The number of rotatable bonds is 4. The number of fused-ring (bicyclic) bond motifs is 1. The van der Waals surface area contributed by atoms with Crippen molar-refractivity contribution in [3.05, 3.63) is 0 Å². The highest BCUT2D eigenvalue weighted by Crippen LogP contribution is 2.57. The van der Waals surface area contributed by atoms with E-state index in [0.29, 0.717) is 5.54 Å². The Morgan fingerprint density at radius 3 is 2.17 bits per heavy atom. The molecule has 4 fully saturated rings. The van der Waals surface area contributed by atoms with Gasteiger partial charge in [0, 0.05) is 18.1 Å². The van der Waals surface area contributed by atoms with E-state index < -0.39 is 0 Å². The quantitative estimate of drug-likeness (QED) is 0.829.